The number of carbonyl (C=O) groups excluding carboxylic acids is 2. The van der Waals surface area contributed by atoms with E-state index in [1.165, 1.54) is 10.4 Å². The smallest absolute Gasteiger partial charge is 0.317 e. The Balaban J connectivity index is 1.49. The molecule has 4 rings (SSSR count). The maximum atomic E-state index is 13.6. The largest absolute Gasteiger partial charge is 0.491 e. The number of hydrogen-bond donors (Lipinski definition) is 1. The summed E-state index contributed by atoms with van der Waals surface area (Å²) >= 11 is 1.73. The molecule has 0 unspecified atom stereocenters. The zero-order valence-corrected chi connectivity index (χ0v) is 21.9. The van der Waals surface area contributed by atoms with Gasteiger partial charge in [-0.25, -0.2) is 4.79 Å². The molecule has 2 aliphatic heterocycles. The molecule has 1 aromatic carbocycles. The summed E-state index contributed by atoms with van der Waals surface area (Å²) in [6.45, 7) is 8.90. The lowest BCUT2D eigenvalue weighted by Crippen LogP contribution is -2.51. The van der Waals surface area contributed by atoms with E-state index in [4.69, 9.17) is 9.47 Å². The number of fused-ring (bicyclic) bond motifs is 1. The molecule has 2 aliphatic rings. The monoisotopic (exact) mass is 499 g/mol. The maximum absolute atomic E-state index is 13.6. The first kappa shape index (κ1) is 25.5. The first-order valence-electron chi connectivity index (χ1n) is 12.7. The molecule has 2 atom stereocenters. The number of urea groups is 1. The van der Waals surface area contributed by atoms with Gasteiger partial charge in [0.25, 0.3) is 0 Å². The van der Waals surface area contributed by atoms with E-state index in [2.05, 4.69) is 29.8 Å². The molecule has 8 heteroatoms. The quantitative estimate of drug-likeness (QED) is 0.553. The Morgan fingerprint density at radius 2 is 2.14 bits per heavy atom. The molecule has 1 saturated heterocycles. The van der Waals surface area contributed by atoms with E-state index in [0.29, 0.717) is 32.8 Å². The number of hydrogen-bond acceptors (Lipinski definition) is 5. The van der Waals surface area contributed by atoms with Crippen molar-refractivity contribution in [2.75, 3.05) is 39.4 Å². The summed E-state index contributed by atoms with van der Waals surface area (Å²) in [5.41, 5.74) is 3.43. The molecule has 1 fully saturated rings. The second kappa shape index (κ2) is 11.9. The van der Waals surface area contributed by atoms with E-state index in [0.717, 1.165) is 42.6 Å². The van der Waals surface area contributed by atoms with Gasteiger partial charge >= 0.3 is 6.03 Å². The molecule has 1 N–H and O–H groups in total. The number of nitrogens with zero attached hydrogens (tertiary/aromatic N) is 2. The molecule has 2 aromatic rings. The van der Waals surface area contributed by atoms with Crippen LogP contribution in [0.2, 0.25) is 0 Å². The molecular formula is C27H37N3O4S. The van der Waals surface area contributed by atoms with Crippen LogP contribution in [-0.2, 0) is 16.0 Å². The van der Waals surface area contributed by atoms with Crippen LogP contribution in [0.1, 0.15) is 53.8 Å². The Morgan fingerprint density at radius 1 is 1.29 bits per heavy atom. The number of ether oxygens (including phenoxy) is 2. The predicted octanol–water partition coefficient (Wildman–Crippen LogP) is 4.47. The van der Waals surface area contributed by atoms with Gasteiger partial charge in [0, 0.05) is 31.1 Å². The fraction of sp³-hybridized carbons (Fsp3) is 0.556. The zero-order valence-electron chi connectivity index (χ0n) is 21.0. The van der Waals surface area contributed by atoms with Crippen molar-refractivity contribution in [1.82, 2.24) is 15.1 Å². The predicted molar refractivity (Wildman–Crippen MR) is 138 cm³/mol. The SMILES string of the molecule is CCCNC(=O)N(CC(=O)N1CCc2sccc2[C@H]1COc1ccc(C)cc1C)C[C@@H]1CCCO1. The fourth-order valence-corrected chi connectivity index (χ4v) is 5.78. The Labute approximate surface area is 212 Å². The van der Waals surface area contributed by atoms with Gasteiger partial charge < -0.3 is 24.6 Å². The number of amides is 3. The minimum absolute atomic E-state index is 0.0105. The normalized spacial score (nSPS) is 19.3. The van der Waals surface area contributed by atoms with Crippen LogP contribution in [0.4, 0.5) is 4.79 Å². The van der Waals surface area contributed by atoms with Crippen LogP contribution in [0.5, 0.6) is 5.75 Å². The van der Waals surface area contributed by atoms with E-state index < -0.39 is 0 Å². The number of nitrogens with one attached hydrogen (secondary N) is 1. The Kier molecular flexibility index (Phi) is 8.68. The van der Waals surface area contributed by atoms with Crippen LogP contribution in [0.3, 0.4) is 0 Å². The average molecular weight is 500 g/mol. The summed E-state index contributed by atoms with van der Waals surface area (Å²) in [6, 6.07) is 7.87. The van der Waals surface area contributed by atoms with Crippen molar-refractivity contribution in [3.05, 3.63) is 51.2 Å². The van der Waals surface area contributed by atoms with Crippen molar-refractivity contribution >= 4 is 23.3 Å². The van der Waals surface area contributed by atoms with Gasteiger partial charge in [0.1, 0.15) is 18.9 Å². The first-order valence-corrected chi connectivity index (χ1v) is 13.5. The van der Waals surface area contributed by atoms with Crippen molar-refractivity contribution in [3.8, 4) is 5.75 Å². The lowest BCUT2D eigenvalue weighted by molar-refractivity contribution is -0.135. The molecule has 3 amide bonds. The fourth-order valence-electron chi connectivity index (χ4n) is 4.86. The molecule has 0 bridgehead atoms. The van der Waals surface area contributed by atoms with Crippen LogP contribution in [0.15, 0.2) is 29.6 Å². The average Bonchev–Trinajstić information content (AvgIpc) is 3.53. The summed E-state index contributed by atoms with van der Waals surface area (Å²) in [7, 11) is 0. The summed E-state index contributed by atoms with van der Waals surface area (Å²) in [4.78, 5) is 31.4. The molecule has 3 heterocycles. The second-order valence-electron chi connectivity index (χ2n) is 9.48. The van der Waals surface area contributed by atoms with Crippen molar-refractivity contribution in [2.45, 2.75) is 58.6 Å². The summed E-state index contributed by atoms with van der Waals surface area (Å²) in [5, 5.41) is 5.02. The highest BCUT2D eigenvalue weighted by atomic mass is 32.1. The van der Waals surface area contributed by atoms with Gasteiger partial charge in [-0.3, -0.25) is 4.79 Å². The third-order valence-electron chi connectivity index (χ3n) is 6.73. The molecule has 190 valence electrons. The number of aryl methyl sites for hydroxylation is 2. The van der Waals surface area contributed by atoms with Gasteiger partial charge in [-0.15, -0.1) is 11.3 Å². The molecule has 0 saturated carbocycles. The summed E-state index contributed by atoms with van der Waals surface area (Å²) < 4.78 is 12.0. The minimum atomic E-state index is -0.202. The topological polar surface area (TPSA) is 71.1 Å². The van der Waals surface area contributed by atoms with E-state index in [9.17, 15) is 9.59 Å². The van der Waals surface area contributed by atoms with Crippen LogP contribution in [0.25, 0.3) is 0 Å². The molecule has 0 spiro atoms. The Morgan fingerprint density at radius 3 is 2.89 bits per heavy atom. The highest BCUT2D eigenvalue weighted by Crippen LogP contribution is 2.34. The van der Waals surface area contributed by atoms with Gasteiger partial charge in [0.2, 0.25) is 5.91 Å². The highest BCUT2D eigenvalue weighted by Gasteiger charge is 2.34. The van der Waals surface area contributed by atoms with Crippen molar-refractivity contribution in [1.29, 1.82) is 0 Å². The van der Waals surface area contributed by atoms with E-state index in [-0.39, 0.29) is 30.6 Å². The summed E-state index contributed by atoms with van der Waals surface area (Å²) in [6.07, 6.45) is 3.57. The molecular weight excluding hydrogens is 462 g/mol. The van der Waals surface area contributed by atoms with Gasteiger partial charge in [-0.2, -0.15) is 0 Å². The van der Waals surface area contributed by atoms with Gasteiger partial charge in [-0.05, 0) is 68.2 Å². The van der Waals surface area contributed by atoms with Crippen molar-refractivity contribution in [3.63, 3.8) is 0 Å². The van der Waals surface area contributed by atoms with Crippen LogP contribution in [0, 0.1) is 13.8 Å². The van der Waals surface area contributed by atoms with Crippen LogP contribution in [-0.4, -0.2) is 67.2 Å². The first-order chi connectivity index (χ1) is 17.0. The Hall–Kier alpha value is -2.58. The molecule has 0 aliphatic carbocycles. The summed E-state index contributed by atoms with van der Waals surface area (Å²) in [5.74, 6) is 0.782. The molecule has 0 radical (unpaired) electrons. The van der Waals surface area contributed by atoms with Crippen LogP contribution < -0.4 is 10.1 Å². The molecule has 35 heavy (non-hydrogen) atoms. The van der Waals surface area contributed by atoms with E-state index in [1.807, 2.05) is 30.9 Å². The van der Waals surface area contributed by atoms with E-state index in [1.54, 1.807) is 16.2 Å². The number of benzene rings is 1. The van der Waals surface area contributed by atoms with Crippen LogP contribution >= 0.6 is 11.3 Å². The van der Waals surface area contributed by atoms with E-state index >= 15 is 0 Å². The number of carbonyl (C=O) groups is 2. The third-order valence-corrected chi connectivity index (χ3v) is 7.73. The molecule has 1 aromatic heterocycles. The van der Waals surface area contributed by atoms with Gasteiger partial charge in [-0.1, -0.05) is 24.6 Å². The zero-order chi connectivity index (χ0) is 24.8. The van der Waals surface area contributed by atoms with Crippen molar-refractivity contribution < 1.29 is 19.1 Å². The number of thiophene rings is 1. The lowest BCUT2D eigenvalue weighted by Gasteiger charge is -2.37. The maximum Gasteiger partial charge on any atom is 0.317 e. The second-order valence-corrected chi connectivity index (χ2v) is 10.5. The Bertz CT molecular complexity index is 1020. The third kappa shape index (κ3) is 6.35. The minimum Gasteiger partial charge on any atom is -0.491 e. The van der Waals surface area contributed by atoms with Gasteiger partial charge in [0.05, 0.1) is 12.1 Å². The van der Waals surface area contributed by atoms with Crippen molar-refractivity contribution in [2.24, 2.45) is 0 Å². The van der Waals surface area contributed by atoms with Gasteiger partial charge in [0.15, 0.2) is 0 Å². The number of rotatable bonds is 9. The lowest BCUT2D eigenvalue weighted by atomic mass is 10.00. The standard InChI is InChI=1S/C27H37N3O4S/c1-4-11-28-27(32)29(16-21-6-5-13-33-21)17-26(31)30-12-9-25-22(10-14-35-25)23(30)18-34-24-8-7-19(2)15-20(24)3/h7-8,10,14-15,21,23H,4-6,9,11-13,16-18H2,1-3H3,(H,28,32)/t21-,23+/m0/s1. The molecule has 7 nitrogen and oxygen atoms in total. The highest BCUT2D eigenvalue weighted by molar-refractivity contribution is 7.10.